The third-order valence-corrected chi connectivity index (χ3v) is 7.37. The predicted molar refractivity (Wildman–Crippen MR) is 105 cm³/mol. The SMILES string of the molecule is C=C(C)CSc1nnc2c3c4c(sc3nc(SC)n12)CCCC4C. The molecule has 0 spiro atoms. The van der Waals surface area contributed by atoms with Gasteiger partial charge >= 0.3 is 0 Å². The average molecular weight is 377 g/mol. The Morgan fingerprint density at radius 3 is 2.96 bits per heavy atom. The van der Waals surface area contributed by atoms with Gasteiger partial charge in [0.1, 0.15) is 4.83 Å². The van der Waals surface area contributed by atoms with Gasteiger partial charge in [0.15, 0.2) is 16.0 Å². The Kier molecular flexibility index (Phi) is 4.34. The maximum absolute atomic E-state index is 4.95. The lowest BCUT2D eigenvalue weighted by atomic mass is 9.87. The first-order chi connectivity index (χ1) is 11.6. The fourth-order valence-electron chi connectivity index (χ4n) is 3.35. The molecule has 126 valence electrons. The zero-order valence-corrected chi connectivity index (χ0v) is 16.6. The molecule has 0 aromatic carbocycles. The van der Waals surface area contributed by atoms with E-state index in [9.17, 15) is 0 Å². The maximum atomic E-state index is 4.95. The molecule has 0 aliphatic heterocycles. The van der Waals surface area contributed by atoms with Crippen LogP contribution < -0.4 is 0 Å². The van der Waals surface area contributed by atoms with Crippen molar-refractivity contribution in [2.45, 2.75) is 49.3 Å². The standard InChI is InChI=1S/C17H20N4S3/c1-9(2)8-23-17-20-19-14-13-12-10(3)6-5-7-11(12)24-15(13)18-16(22-4)21(14)17/h10H,1,5-8H2,2-4H3. The zero-order chi connectivity index (χ0) is 16.8. The Morgan fingerprint density at radius 2 is 2.21 bits per heavy atom. The minimum Gasteiger partial charge on any atom is -0.248 e. The number of aromatic nitrogens is 4. The number of hydrogen-bond donors (Lipinski definition) is 0. The Bertz CT molecular complexity index is 941. The third-order valence-electron chi connectivity index (χ3n) is 4.41. The van der Waals surface area contributed by atoms with E-state index < -0.39 is 0 Å². The van der Waals surface area contributed by atoms with Gasteiger partial charge in [0, 0.05) is 10.6 Å². The molecule has 3 heterocycles. The summed E-state index contributed by atoms with van der Waals surface area (Å²) in [5.74, 6) is 1.43. The van der Waals surface area contributed by atoms with Crippen molar-refractivity contribution < 1.29 is 0 Å². The molecule has 4 nitrogen and oxygen atoms in total. The van der Waals surface area contributed by atoms with Gasteiger partial charge in [-0.25, -0.2) is 9.38 Å². The van der Waals surface area contributed by atoms with E-state index in [-0.39, 0.29) is 0 Å². The molecule has 1 aliphatic rings. The highest BCUT2D eigenvalue weighted by atomic mass is 32.2. The summed E-state index contributed by atoms with van der Waals surface area (Å²) >= 11 is 5.19. The third kappa shape index (κ3) is 2.57. The fourth-order valence-corrected chi connectivity index (χ4v) is 6.11. The molecule has 1 unspecified atom stereocenters. The highest BCUT2D eigenvalue weighted by Gasteiger charge is 2.26. The topological polar surface area (TPSA) is 43.1 Å². The summed E-state index contributed by atoms with van der Waals surface area (Å²) in [4.78, 5) is 7.57. The molecule has 0 N–H and O–H groups in total. The molecule has 0 saturated carbocycles. The van der Waals surface area contributed by atoms with Gasteiger partial charge in [-0.1, -0.05) is 42.6 Å². The number of fused-ring (bicyclic) bond motifs is 5. The minimum absolute atomic E-state index is 0.580. The first-order valence-corrected chi connectivity index (χ1v) is 11.1. The Labute approximate surface area is 154 Å². The molecule has 0 saturated heterocycles. The molecule has 1 atom stereocenters. The van der Waals surface area contributed by atoms with Crippen LogP contribution in [0.2, 0.25) is 0 Å². The molecule has 1 aliphatic carbocycles. The van der Waals surface area contributed by atoms with Crippen molar-refractivity contribution >= 4 is 50.7 Å². The molecular formula is C17H20N4S3. The van der Waals surface area contributed by atoms with E-state index in [4.69, 9.17) is 4.98 Å². The van der Waals surface area contributed by atoms with Gasteiger partial charge in [-0.15, -0.1) is 21.5 Å². The van der Waals surface area contributed by atoms with Gasteiger partial charge < -0.3 is 0 Å². The van der Waals surface area contributed by atoms with Crippen molar-refractivity contribution in [2.75, 3.05) is 12.0 Å². The minimum atomic E-state index is 0.580. The Morgan fingerprint density at radius 1 is 1.38 bits per heavy atom. The molecule has 0 radical (unpaired) electrons. The van der Waals surface area contributed by atoms with E-state index in [1.54, 1.807) is 23.5 Å². The van der Waals surface area contributed by atoms with Gasteiger partial charge in [-0.05, 0) is 43.9 Å². The van der Waals surface area contributed by atoms with E-state index in [1.165, 1.54) is 35.1 Å². The summed E-state index contributed by atoms with van der Waals surface area (Å²) < 4.78 is 2.13. The quantitative estimate of drug-likeness (QED) is 0.357. The van der Waals surface area contributed by atoms with Crippen molar-refractivity contribution in [3.8, 4) is 0 Å². The monoisotopic (exact) mass is 376 g/mol. The highest BCUT2D eigenvalue weighted by molar-refractivity contribution is 7.99. The lowest BCUT2D eigenvalue weighted by molar-refractivity contribution is 0.602. The van der Waals surface area contributed by atoms with Crippen LogP contribution in [0.5, 0.6) is 0 Å². The largest absolute Gasteiger partial charge is 0.248 e. The van der Waals surface area contributed by atoms with Crippen LogP contribution in [-0.2, 0) is 6.42 Å². The van der Waals surface area contributed by atoms with Crippen molar-refractivity contribution in [1.29, 1.82) is 0 Å². The Hall–Kier alpha value is -1.05. The molecular weight excluding hydrogens is 356 g/mol. The van der Waals surface area contributed by atoms with Crippen LogP contribution in [0.4, 0.5) is 0 Å². The van der Waals surface area contributed by atoms with Crippen LogP contribution in [0.3, 0.4) is 0 Å². The number of hydrogen-bond acceptors (Lipinski definition) is 6. The molecule has 0 bridgehead atoms. The summed E-state index contributed by atoms with van der Waals surface area (Å²) in [5.41, 5.74) is 3.58. The number of thioether (sulfide) groups is 2. The summed E-state index contributed by atoms with van der Waals surface area (Å²) in [6.45, 7) is 8.36. The first-order valence-electron chi connectivity index (χ1n) is 8.11. The second-order valence-electron chi connectivity index (χ2n) is 6.40. The molecule has 7 heteroatoms. The molecule has 0 amide bonds. The summed E-state index contributed by atoms with van der Waals surface area (Å²) in [6.07, 6.45) is 5.77. The van der Waals surface area contributed by atoms with Crippen LogP contribution >= 0.6 is 34.9 Å². The molecule has 0 fully saturated rings. The fraction of sp³-hybridized carbons (Fsp3) is 0.471. The van der Waals surface area contributed by atoms with Crippen molar-refractivity contribution in [3.63, 3.8) is 0 Å². The molecule has 3 aromatic heterocycles. The van der Waals surface area contributed by atoms with Gasteiger partial charge in [0.05, 0.1) is 5.39 Å². The highest BCUT2D eigenvalue weighted by Crippen LogP contribution is 2.43. The van der Waals surface area contributed by atoms with E-state index in [0.29, 0.717) is 5.92 Å². The second-order valence-corrected chi connectivity index (χ2v) is 9.20. The number of rotatable bonds is 4. The average Bonchev–Trinajstić information content (AvgIpc) is 3.13. The first kappa shape index (κ1) is 16.4. The second kappa shape index (κ2) is 6.35. The van der Waals surface area contributed by atoms with E-state index >= 15 is 0 Å². The van der Waals surface area contributed by atoms with Gasteiger partial charge in [-0.3, -0.25) is 0 Å². The van der Waals surface area contributed by atoms with Gasteiger partial charge in [-0.2, -0.15) is 0 Å². The smallest absolute Gasteiger partial charge is 0.198 e. The maximum Gasteiger partial charge on any atom is 0.198 e. The molecule has 4 rings (SSSR count). The number of thiophene rings is 1. The van der Waals surface area contributed by atoms with Crippen molar-refractivity contribution in [2.24, 2.45) is 0 Å². The van der Waals surface area contributed by atoms with Crippen molar-refractivity contribution in [3.05, 3.63) is 22.6 Å². The van der Waals surface area contributed by atoms with Crippen LogP contribution in [0.15, 0.2) is 22.5 Å². The predicted octanol–water partition coefficient (Wildman–Crippen LogP) is 5.17. The van der Waals surface area contributed by atoms with E-state index in [0.717, 1.165) is 32.1 Å². The normalized spacial score (nSPS) is 17.5. The van der Waals surface area contributed by atoms with Crippen LogP contribution in [0, 0.1) is 0 Å². The summed E-state index contributed by atoms with van der Waals surface area (Å²) in [6, 6.07) is 0. The zero-order valence-electron chi connectivity index (χ0n) is 14.1. The van der Waals surface area contributed by atoms with E-state index in [2.05, 4.69) is 34.4 Å². The number of nitrogens with zero attached hydrogens (tertiary/aromatic N) is 4. The van der Waals surface area contributed by atoms with Crippen LogP contribution in [0.1, 0.15) is 43.0 Å². The van der Waals surface area contributed by atoms with Crippen LogP contribution in [0.25, 0.3) is 15.9 Å². The summed E-state index contributed by atoms with van der Waals surface area (Å²) in [5, 5.41) is 12.1. The molecule has 24 heavy (non-hydrogen) atoms. The lowest BCUT2D eigenvalue weighted by Crippen LogP contribution is -2.04. The van der Waals surface area contributed by atoms with Crippen molar-refractivity contribution in [1.82, 2.24) is 19.6 Å². The van der Waals surface area contributed by atoms with Gasteiger partial charge in [0.25, 0.3) is 0 Å². The lowest BCUT2D eigenvalue weighted by Gasteiger charge is -2.18. The summed E-state index contributed by atoms with van der Waals surface area (Å²) in [7, 11) is 0. The van der Waals surface area contributed by atoms with Crippen LogP contribution in [-0.4, -0.2) is 31.6 Å². The molecule has 3 aromatic rings. The number of aryl methyl sites for hydroxylation is 1. The Balaban J connectivity index is 1.99. The van der Waals surface area contributed by atoms with E-state index in [1.807, 2.05) is 18.3 Å². The van der Waals surface area contributed by atoms with Gasteiger partial charge in [0.2, 0.25) is 0 Å².